The molecule has 0 fully saturated rings. The molecular weight excluding hydrogens is 216 g/mol. The van der Waals surface area contributed by atoms with Crippen molar-refractivity contribution in [2.24, 2.45) is 11.5 Å². The van der Waals surface area contributed by atoms with E-state index in [-0.39, 0.29) is 0 Å². The van der Waals surface area contributed by atoms with Crippen LogP contribution in [0, 0.1) is 0 Å². The van der Waals surface area contributed by atoms with Gasteiger partial charge in [-0.1, -0.05) is 26.0 Å². The first-order chi connectivity index (χ1) is 8.26. The molecule has 4 heteroatoms. The summed E-state index contributed by atoms with van der Waals surface area (Å²) in [7, 11) is 0. The summed E-state index contributed by atoms with van der Waals surface area (Å²) < 4.78 is 5.32. The molecule has 0 aliphatic carbocycles. The number of hydrogen-bond acceptors (Lipinski definition) is 4. The molecule has 1 aromatic carbocycles. The van der Waals surface area contributed by atoms with Crippen LogP contribution >= 0.6 is 0 Å². The Morgan fingerprint density at radius 1 is 1.29 bits per heavy atom. The van der Waals surface area contributed by atoms with Crippen LogP contribution in [0.4, 0.5) is 0 Å². The van der Waals surface area contributed by atoms with Gasteiger partial charge >= 0.3 is 0 Å². The van der Waals surface area contributed by atoms with Crippen LogP contribution in [0.2, 0.25) is 0 Å². The molecule has 0 amide bonds. The molecule has 1 aromatic rings. The number of benzene rings is 1. The maximum absolute atomic E-state index is 10.4. The number of hydrogen-bond donors (Lipinski definition) is 2. The zero-order chi connectivity index (χ0) is 13.1. The van der Waals surface area contributed by atoms with Gasteiger partial charge in [0.15, 0.2) is 0 Å². The van der Waals surface area contributed by atoms with Crippen molar-refractivity contribution < 1.29 is 9.53 Å². The van der Waals surface area contributed by atoms with E-state index in [1.54, 1.807) is 0 Å². The Morgan fingerprint density at radius 3 is 2.35 bits per heavy atom. The highest BCUT2D eigenvalue weighted by Crippen LogP contribution is 2.12. The molecule has 1 unspecified atom stereocenters. The van der Waals surface area contributed by atoms with Gasteiger partial charge in [0, 0.05) is 6.54 Å². The van der Waals surface area contributed by atoms with Crippen molar-refractivity contribution in [3.05, 3.63) is 29.8 Å². The Morgan fingerprint density at radius 2 is 1.88 bits per heavy atom. The minimum atomic E-state index is -0.430. The molecule has 4 nitrogen and oxygen atoms in total. The van der Waals surface area contributed by atoms with Crippen molar-refractivity contribution in [3.63, 3.8) is 0 Å². The molecule has 0 radical (unpaired) electrons. The van der Waals surface area contributed by atoms with Gasteiger partial charge in [0.2, 0.25) is 0 Å². The number of carbonyl (C=O) groups is 1. The summed E-state index contributed by atoms with van der Waals surface area (Å²) in [5.41, 5.74) is 11.8. The summed E-state index contributed by atoms with van der Waals surface area (Å²) in [6, 6.07) is 7.07. The predicted molar refractivity (Wildman–Crippen MR) is 70.1 cm³/mol. The molecular formula is C13H22N2O2. The van der Waals surface area contributed by atoms with E-state index in [0.717, 1.165) is 17.6 Å². The van der Waals surface area contributed by atoms with Crippen LogP contribution in [0.5, 0.6) is 5.75 Å². The molecule has 0 heterocycles. The highest BCUT2D eigenvalue weighted by Gasteiger charge is 2.01. The molecule has 0 aliphatic heterocycles. The standard InChI is InChI=1S/C11H16N2O2.C2H6/c12-5-6-15-11-3-1-9(2-4-11)7-10(13)8-14;1-2/h1-4,8,10H,5-7,12-13H2;1-2H3. The largest absolute Gasteiger partial charge is 0.492 e. The van der Waals surface area contributed by atoms with E-state index >= 15 is 0 Å². The smallest absolute Gasteiger partial charge is 0.137 e. The van der Waals surface area contributed by atoms with Crippen molar-refractivity contribution >= 4 is 6.29 Å². The van der Waals surface area contributed by atoms with Crippen LogP contribution in [0.15, 0.2) is 24.3 Å². The zero-order valence-corrected chi connectivity index (χ0v) is 10.6. The first kappa shape index (κ1) is 15.6. The Kier molecular flexibility index (Phi) is 9.01. The monoisotopic (exact) mass is 238 g/mol. The van der Waals surface area contributed by atoms with E-state index < -0.39 is 6.04 Å². The zero-order valence-electron chi connectivity index (χ0n) is 10.6. The fourth-order valence-electron chi connectivity index (χ4n) is 1.22. The highest BCUT2D eigenvalue weighted by atomic mass is 16.5. The number of aldehydes is 1. The summed E-state index contributed by atoms with van der Waals surface area (Å²) in [5.74, 6) is 0.781. The van der Waals surface area contributed by atoms with Gasteiger partial charge in [-0.3, -0.25) is 0 Å². The normalized spacial score (nSPS) is 11.1. The van der Waals surface area contributed by atoms with E-state index in [1.807, 2.05) is 38.1 Å². The second-order valence-electron chi connectivity index (χ2n) is 3.29. The molecule has 1 atom stereocenters. The Bertz CT molecular complexity index is 299. The maximum Gasteiger partial charge on any atom is 0.137 e. The van der Waals surface area contributed by atoms with Crippen molar-refractivity contribution in [2.75, 3.05) is 13.2 Å². The fourth-order valence-corrected chi connectivity index (χ4v) is 1.22. The molecule has 17 heavy (non-hydrogen) atoms. The lowest BCUT2D eigenvalue weighted by molar-refractivity contribution is -0.108. The molecule has 0 saturated heterocycles. The second-order valence-corrected chi connectivity index (χ2v) is 3.29. The minimum Gasteiger partial charge on any atom is -0.492 e. The van der Waals surface area contributed by atoms with Crippen molar-refractivity contribution in [1.29, 1.82) is 0 Å². The average molecular weight is 238 g/mol. The third kappa shape index (κ3) is 6.71. The van der Waals surface area contributed by atoms with Gasteiger partial charge < -0.3 is 21.0 Å². The number of ether oxygens (including phenoxy) is 1. The lowest BCUT2D eigenvalue weighted by Crippen LogP contribution is -2.23. The summed E-state index contributed by atoms with van der Waals surface area (Å²) >= 11 is 0. The van der Waals surface area contributed by atoms with Gasteiger partial charge in [0.05, 0.1) is 6.04 Å². The first-order valence-corrected chi connectivity index (χ1v) is 5.89. The lowest BCUT2D eigenvalue weighted by atomic mass is 10.1. The second kappa shape index (κ2) is 9.81. The molecule has 0 bridgehead atoms. The SMILES string of the molecule is CC.NCCOc1ccc(CC(N)C=O)cc1. The summed E-state index contributed by atoms with van der Waals surface area (Å²) in [6.07, 6.45) is 1.31. The Hall–Kier alpha value is -1.39. The summed E-state index contributed by atoms with van der Waals surface area (Å²) in [6.45, 7) is 5.00. The summed E-state index contributed by atoms with van der Waals surface area (Å²) in [4.78, 5) is 10.4. The Balaban J connectivity index is 0.00000121. The molecule has 4 N–H and O–H groups in total. The lowest BCUT2D eigenvalue weighted by Gasteiger charge is -2.07. The van der Waals surface area contributed by atoms with Crippen LogP contribution in [-0.4, -0.2) is 25.5 Å². The van der Waals surface area contributed by atoms with Gasteiger partial charge in [-0.2, -0.15) is 0 Å². The van der Waals surface area contributed by atoms with Gasteiger partial charge in [-0.15, -0.1) is 0 Å². The van der Waals surface area contributed by atoms with Gasteiger partial charge in [0.25, 0.3) is 0 Å². The van der Waals surface area contributed by atoms with Crippen LogP contribution in [0.1, 0.15) is 19.4 Å². The average Bonchev–Trinajstić information content (AvgIpc) is 2.40. The molecule has 1 rings (SSSR count). The van der Waals surface area contributed by atoms with Crippen LogP contribution in [0.3, 0.4) is 0 Å². The predicted octanol–water partition coefficient (Wildman–Crippen LogP) is 1.12. The number of nitrogens with two attached hydrogens (primary N) is 2. The molecule has 0 spiro atoms. The number of rotatable bonds is 6. The number of carbonyl (C=O) groups excluding carboxylic acids is 1. The van der Waals surface area contributed by atoms with Crippen LogP contribution < -0.4 is 16.2 Å². The van der Waals surface area contributed by atoms with Crippen molar-refractivity contribution in [2.45, 2.75) is 26.3 Å². The van der Waals surface area contributed by atoms with E-state index in [9.17, 15) is 4.79 Å². The van der Waals surface area contributed by atoms with Gasteiger partial charge in [0.1, 0.15) is 18.6 Å². The highest BCUT2D eigenvalue weighted by molar-refractivity contribution is 5.57. The first-order valence-electron chi connectivity index (χ1n) is 5.89. The molecule has 96 valence electrons. The third-order valence-electron chi connectivity index (χ3n) is 1.96. The molecule has 0 aromatic heterocycles. The van der Waals surface area contributed by atoms with Crippen LogP contribution in [0.25, 0.3) is 0 Å². The fraction of sp³-hybridized carbons (Fsp3) is 0.462. The van der Waals surface area contributed by atoms with E-state index in [1.165, 1.54) is 0 Å². The van der Waals surface area contributed by atoms with E-state index in [2.05, 4.69) is 0 Å². The van der Waals surface area contributed by atoms with Crippen molar-refractivity contribution in [3.8, 4) is 5.75 Å². The third-order valence-corrected chi connectivity index (χ3v) is 1.96. The summed E-state index contributed by atoms with van der Waals surface area (Å²) in [5, 5.41) is 0. The molecule has 0 aliphatic rings. The maximum atomic E-state index is 10.4. The van der Waals surface area contributed by atoms with Gasteiger partial charge in [-0.25, -0.2) is 0 Å². The quantitative estimate of drug-likeness (QED) is 0.728. The minimum absolute atomic E-state index is 0.430. The van der Waals surface area contributed by atoms with Gasteiger partial charge in [-0.05, 0) is 24.1 Å². The Labute approximate surface area is 103 Å². The van der Waals surface area contributed by atoms with Crippen LogP contribution in [-0.2, 0) is 11.2 Å². The van der Waals surface area contributed by atoms with E-state index in [0.29, 0.717) is 19.6 Å². The molecule has 0 saturated carbocycles. The van der Waals surface area contributed by atoms with Crippen molar-refractivity contribution in [1.82, 2.24) is 0 Å². The van der Waals surface area contributed by atoms with E-state index in [4.69, 9.17) is 16.2 Å². The topological polar surface area (TPSA) is 78.3 Å².